The Bertz CT molecular complexity index is 2330. The average molecular weight is 1550 g/mol. The molecule has 2 nitrogen and oxygen atoms in total. The Morgan fingerprint density at radius 2 is 0.274 bits per heavy atom. The van der Waals surface area contributed by atoms with Crippen LogP contribution in [-0.4, -0.2) is 46.1 Å². The quantitative estimate of drug-likeness (QED) is 0.135. The van der Waals surface area contributed by atoms with E-state index in [-0.39, 0.29) is 0 Å². The predicted octanol–water partition coefficient (Wildman–Crippen LogP) is 32.2. The minimum absolute atomic E-state index is 0.472. The van der Waals surface area contributed by atoms with Crippen LogP contribution < -0.4 is 0 Å². The molecule has 14 unspecified atom stereocenters. The maximum absolute atomic E-state index is 3.59. The molecule has 2 heteroatoms. The third-order valence-corrected chi connectivity index (χ3v) is 44.2. The van der Waals surface area contributed by atoms with Crippen LogP contribution in [0, 0.1) is 171 Å². The molecule has 0 bridgehead atoms. The summed E-state index contributed by atoms with van der Waals surface area (Å²) in [4.78, 5) is 7.18. The lowest BCUT2D eigenvalue weighted by atomic mass is 9.59. The molecule has 0 aliphatic heterocycles. The van der Waals surface area contributed by atoms with Crippen molar-refractivity contribution < 1.29 is 0 Å². The van der Waals surface area contributed by atoms with Crippen molar-refractivity contribution in [2.24, 2.45) is 171 Å². The zero-order valence-corrected chi connectivity index (χ0v) is 75.4. The second kappa shape index (κ2) is 39.0. The fourth-order valence-corrected chi connectivity index (χ4v) is 38.5. The van der Waals surface area contributed by atoms with Crippen LogP contribution in [0.15, 0.2) is 0 Å². The molecule has 19 fully saturated rings. The maximum atomic E-state index is 3.59. The van der Waals surface area contributed by atoms with Gasteiger partial charge < -0.3 is 0 Å². The van der Waals surface area contributed by atoms with Gasteiger partial charge in [0, 0.05) is 36.3 Å². The van der Waals surface area contributed by atoms with Crippen LogP contribution >= 0.6 is 0 Å². The Morgan fingerprint density at radius 1 is 0.133 bits per heavy atom. The normalized spacial score (nSPS) is 45.8. The molecule has 0 spiro atoms. The van der Waals surface area contributed by atoms with E-state index in [0.29, 0.717) is 5.41 Å². The molecule has 113 heavy (non-hydrogen) atoms. The van der Waals surface area contributed by atoms with Gasteiger partial charge in [-0.1, -0.05) is 271 Å². The number of nitrogens with zero attached hydrogens (tertiary/aromatic N) is 2. The maximum Gasteiger partial charge on any atom is 0.0104 e. The van der Waals surface area contributed by atoms with Gasteiger partial charge in [-0.3, -0.25) is 9.80 Å². The molecule has 0 N–H and O–H groups in total. The van der Waals surface area contributed by atoms with Crippen LogP contribution in [0.5, 0.6) is 0 Å². The zero-order chi connectivity index (χ0) is 75.6. The standard InChI is InChI=1S/C111H188N2/c1-111(2)109-75-105(112(101-51-43-85(44-52-101)97-67-89(77-27-11-3-12-28-77)63-90(68-97)78-29-13-4-14-30-78)102-53-45-86(46-54-102)98-69-91(79-31-15-5-16-32-79)64-92(70-98)80-33-17-6-18-34-80)59-61-107(109)108-62-60-106(76-110(108)111)113(103-55-47-87(48-56-103)99-71-93(81-35-19-7-20-36-81)65-94(72-99)82-37-21-8-22-38-82)104-57-49-88(50-58-104)100-73-95(83-39-23-9-24-40-83)66-96(74-100)84-41-25-10-26-42-84/h77-110H,3-76H2,1-2H3. The first-order valence-electron chi connectivity index (χ1n) is 55.3. The first-order chi connectivity index (χ1) is 55.7. The summed E-state index contributed by atoms with van der Waals surface area (Å²) in [7, 11) is 0. The van der Waals surface area contributed by atoms with E-state index < -0.39 is 0 Å². The number of hydrogen-bond acceptors (Lipinski definition) is 2. The minimum atomic E-state index is 0.472. The Labute approximate surface area is 701 Å². The fraction of sp³-hybridized carbons (Fsp3) is 1.00. The van der Waals surface area contributed by atoms with E-state index in [1.165, 1.54) is 51.4 Å². The molecule has 0 radical (unpaired) electrons. The molecular formula is C111H188N2. The van der Waals surface area contributed by atoms with E-state index in [0.717, 1.165) is 202 Å². The molecular weight excluding hydrogens is 1360 g/mol. The summed E-state index contributed by atoms with van der Waals surface area (Å²) in [5, 5.41) is 0. The summed E-state index contributed by atoms with van der Waals surface area (Å²) in [6.07, 6.45) is 117. The third-order valence-electron chi connectivity index (χ3n) is 44.2. The van der Waals surface area contributed by atoms with Gasteiger partial charge in [0.05, 0.1) is 0 Å². The van der Waals surface area contributed by atoms with Crippen molar-refractivity contribution in [3.05, 3.63) is 0 Å². The lowest BCUT2D eigenvalue weighted by Gasteiger charge is -2.53. The van der Waals surface area contributed by atoms with Crippen LogP contribution in [-0.2, 0) is 0 Å². The number of rotatable bonds is 18. The molecule has 0 heterocycles. The minimum Gasteiger partial charge on any atom is -0.294 e. The highest BCUT2D eigenvalue weighted by atomic mass is 15.2. The average Bonchev–Trinajstić information content (AvgIpc) is 1.57. The van der Waals surface area contributed by atoms with Gasteiger partial charge in [-0.2, -0.15) is 0 Å². The monoisotopic (exact) mass is 1550 g/mol. The summed E-state index contributed by atoms with van der Waals surface area (Å²) in [6, 6.07) is 5.23. The molecule has 642 valence electrons. The van der Waals surface area contributed by atoms with E-state index in [1.807, 2.05) is 0 Å². The molecule has 19 aliphatic carbocycles. The lowest BCUT2D eigenvalue weighted by molar-refractivity contribution is -0.0356. The summed E-state index contributed by atoms with van der Waals surface area (Å²) >= 11 is 0. The van der Waals surface area contributed by atoms with Crippen LogP contribution in [0.3, 0.4) is 0 Å². The van der Waals surface area contributed by atoms with Crippen molar-refractivity contribution in [1.82, 2.24) is 9.80 Å². The highest BCUT2D eigenvalue weighted by Gasteiger charge is 2.60. The van der Waals surface area contributed by atoms with Crippen LogP contribution in [0.25, 0.3) is 0 Å². The Hall–Kier alpha value is -0.0800. The Balaban J connectivity index is 0.564. The fourth-order valence-electron chi connectivity index (χ4n) is 38.5. The summed E-state index contributed by atoms with van der Waals surface area (Å²) in [5.74, 6) is 29.5. The lowest BCUT2D eigenvalue weighted by Crippen LogP contribution is -2.55. The van der Waals surface area contributed by atoms with Gasteiger partial charge in [0.1, 0.15) is 0 Å². The van der Waals surface area contributed by atoms with Crippen molar-refractivity contribution >= 4 is 0 Å². The van der Waals surface area contributed by atoms with E-state index in [4.69, 9.17) is 0 Å². The Morgan fingerprint density at radius 3 is 0.434 bits per heavy atom. The van der Waals surface area contributed by atoms with Crippen LogP contribution in [0.1, 0.15) is 489 Å². The molecule has 14 atom stereocenters. The van der Waals surface area contributed by atoms with Crippen molar-refractivity contribution in [2.45, 2.75) is 525 Å². The van der Waals surface area contributed by atoms with Gasteiger partial charge in [-0.05, 0) is 389 Å². The highest BCUT2D eigenvalue weighted by Crippen LogP contribution is 2.66. The van der Waals surface area contributed by atoms with Crippen LogP contribution in [0.4, 0.5) is 0 Å². The van der Waals surface area contributed by atoms with Crippen molar-refractivity contribution in [2.75, 3.05) is 0 Å². The second-order valence-electron chi connectivity index (χ2n) is 49.6. The van der Waals surface area contributed by atoms with Gasteiger partial charge in [0.25, 0.3) is 0 Å². The highest BCUT2D eigenvalue weighted by molar-refractivity contribution is 5.11. The molecule has 19 rings (SSSR count). The molecule has 0 aromatic carbocycles. The van der Waals surface area contributed by atoms with Crippen molar-refractivity contribution in [3.63, 3.8) is 0 Å². The summed E-state index contributed by atoms with van der Waals surface area (Å²) in [6.45, 7) is 5.99. The third kappa shape index (κ3) is 19.1. The SMILES string of the molecule is CC1(C)C2CC(N(C3CCC(C4CC(C5CCCCC5)CC(C5CCCCC5)C4)CC3)C3CCC(C4CC(C5CCCCC5)CC(C5CCCCC5)C4)CC3)CCC2C2CCC(N(C3CCC(C4CC(C5CCCCC5)CC(C5CCCCC5)C4)CC3)C3CCC(C4CC(C5CCCCC5)CC(C5CCCCC5)C4)CC3)CC21. The zero-order valence-electron chi connectivity index (χ0n) is 75.4. The largest absolute Gasteiger partial charge is 0.294 e. The molecule has 19 aliphatic rings. The van der Waals surface area contributed by atoms with Crippen molar-refractivity contribution in [3.8, 4) is 0 Å². The van der Waals surface area contributed by atoms with E-state index in [2.05, 4.69) is 23.6 Å². The number of hydrogen-bond donors (Lipinski definition) is 0. The van der Waals surface area contributed by atoms with E-state index in [9.17, 15) is 0 Å². The van der Waals surface area contributed by atoms with E-state index in [1.54, 1.807) is 424 Å². The topological polar surface area (TPSA) is 6.48 Å². The second-order valence-corrected chi connectivity index (χ2v) is 49.6. The number of fused-ring (bicyclic) bond motifs is 3. The van der Waals surface area contributed by atoms with Gasteiger partial charge in [-0.15, -0.1) is 0 Å². The molecule has 0 aromatic rings. The Kier molecular flexibility index (Phi) is 28.5. The van der Waals surface area contributed by atoms with Crippen molar-refractivity contribution in [1.29, 1.82) is 0 Å². The van der Waals surface area contributed by atoms with E-state index >= 15 is 0 Å². The van der Waals surface area contributed by atoms with Gasteiger partial charge in [0.2, 0.25) is 0 Å². The smallest absolute Gasteiger partial charge is 0.0104 e. The first-order valence-corrected chi connectivity index (χ1v) is 55.3. The predicted molar refractivity (Wildman–Crippen MR) is 480 cm³/mol. The van der Waals surface area contributed by atoms with Gasteiger partial charge in [-0.25, -0.2) is 0 Å². The molecule has 0 aromatic heterocycles. The first kappa shape index (κ1) is 82.5. The molecule has 0 saturated heterocycles. The summed E-state index contributed by atoms with van der Waals surface area (Å²) in [5.41, 5.74) is 0.472. The van der Waals surface area contributed by atoms with Gasteiger partial charge >= 0.3 is 0 Å². The summed E-state index contributed by atoms with van der Waals surface area (Å²) < 4.78 is 0. The van der Waals surface area contributed by atoms with Gasteiger partial charge in [0.15, 0.2) is 0 Å². The molecule has 0 amide bonds. The van der Waals surface area contributed by atoms with Crippen LogP contribution in [0.2, 0.25) is 0 Å². The molecule has 19 saturated carbocycles.